The van der Waals surface area contributed by atoms with Crippen LogP contribution in [0.25, 0.3) is 0 Å². The van der Waals surface area contributed by atoms with Gasteiger partial charge in [-0.3, -0.25) is 0 Å². The van der Waals surface area contributed by atoms with Crippen LogP contribution in [-0.2, 0) is 11.9 Å². The van der Waals surface area contributed by atoms with Gasteiger partial charge in [-0.1, -0.05) is 45.7 Å². The topological polar surface area (TPSA) is 9.23 Å². The lowest BCUT2D eigenvalue weighted by atomic mass is 10.1. The first-order chi connectivity index (χ1) is 9.51. The molecule has 0 amide bonds. The summed E-state index contributed by atoms with van der Waals surface area (Å²) >= 11 is 9.11. The van der Waals surface area contributed by atoms with Gasteiger partial charge in [-0.15, -0.1) is 0 Å². The first-order valence-electron chi connectivity index (χ1n) is 6.24. The first kappa shape index (κ1) is 15.3. The first-order valence-corrected chi connectivity index (χ1v) is 7.74. The maximum atomic E-state index is 13.4. The molecule has 20 heavy (non-hydrogen) atoms. The molecule has 0 aliphatic rings. The third-order valence-electron chi connectivity index (χ3n) is 3.04. The molecule has 0 N–H and O–H groups in total. The Balaban J connectivity index is 2.16. The van der Waals surface area contributed by atoms with Gasteiger partial charge in [-0.2, -0.15) is 0 Å². The summed E-state index contributed by atoms with van der Waals surface area (Å²) in [6.07, 6.45) is 0. The van der Waals surface area contributed by atoms with Crippen LogP contribution in [0.2, 0.25) is 5.02 Å². The zero-order valence-electron chi connectivity index (χ0n) is 11.3. The molecular formula is C16H15BrClFO. The van der Waals surface area contributed by atoms with Gasteiger partial charge in [0.1, 0.15) is 18.2 Å². The predicted molar refractivity (Wildman–Crippen MR) is 84.3 cm³/mol. The minimum Gasteiger partial charge on any atom is -0.488 e. The summed E-state index contributed by atoms with van der Waals surface area (Å²) in [5, 5.41) is 0.944. The number of halogens is 3. The number of aryl methyl sites for hydroxylation is 2. The van der Waals surface area contributed by atoms with Crippen molar-refractivity contribution in [1.82, 2.24) is 0 Å². The second kappa shape index (κ2) is 6.59. The lowest BCUT2D eigenvalue weighted by Crippen LogP contribution is -2.00. The van der Waals surface area contributed by atoms with Crippen LogP contribution in [0.5, 0.6) is 5.75 Å². The normalized spacial score (nSPS) is 10.7. The highest BCUT2D eigenvalue weighted by atomic mass is 79.9. The highest BCUT2D eigenvalue weighted by Gasteiger charge is 2.07. The molecule has 1 nitrogen and oxygen atoms in total. The van der Waals surface area contributed by atoms with E-state index in [1.165, 1.54) is 11.6 Å². The van der Waals surface area contributed by atoms with Gasteiger partial charge in [0.15, 0.2) is 0 Å². The summed E-state index contributed by atoms with van der Waals surface area (Å²) < 4.78 is 19.2. The lowest BCUT2D eigenvalue weighted by molar-refractivity contribution is 0.301. The molecule has 0 fully saturated rings. The third-order valence-corrected chi connectivity index (χ3v) is 4.00. The van der Waals surface area contributed by atoms with E-state index in [1.807, 2.05) is 13.8 Å². The second-order valence-corrected chi connectivity index (χ2v) is 5.70. The van der Waals surface area contributed by atoms with E-state index in [0.717, 1.165) is 27.8 Å². The van der Waals surface area contributed by atoms with Gasteiger partial charge in [-0.25, -0.2) is 4.39 Å². The molecule has 0 atom stereocenters. The molecule has 0 radical (unpaired) electrons. The Morgan fingerprint density at radius 1 is 1.10 bits per heavy atom. The summed E-state index contributed by atoms with van der Waals surface area (Å²) in [6.45, 7) is 4.34. The monoisotopic (exact) mass is 356 g/mol. The van der Waals surface area contributed by atoms with Crippen molar-refractivity contribution in [2.24, 2.45) is 0 Å². The largest absolute Gasteiger partial charge is 0.488 e. The van der Waals surface area contributed by atoms with E-state index in [4.69, 9.17) is 16.3 Å². The minimum absolute atomic E-state index is 0.128. The van der Waals surface area contributed by atoms with Gasteiger partial charge in [0, 0.05) is 5.33 Å². The van der Waals surface area contributed by atoms with Crippen LogP contribution in [0.3, 0.4) is 0 Å². The van der Waals surface area contributed by atoms with Crippen molar-refractivity contribution in [3.05, 3.63) is 63.4 Å². The van der Waals surface area contributed by atoms with Crippen LogP contribution in [0.4, 0.5) is 4.39 Å². The maximum absolute atomic E-state index is 13.4. The Morgan fingerprint density at radius 3 is 2.30 bits per heavy atom. The minimum atomic E-state index is -0.421. The Bertz CT molecular complexity index is 605. The summed E-state index contributed by atoms with van der Waals surface area (Å²) in [5.41, 5.74) is 4.13. The van der Waals surface area contributed by atoms with E-state index in [9.17, 15) is 4.39 Å². The molecule has 0 unspecified atom stereocenters. The number of ether oxygens (including phenoxy) is 1. The van der Waals surface area contributed by atoms with Crippen LogP contribution in [0, 0.1) is 19.7 Å². The molecule has 0 saturated heterocycles. The smallest absolute Gasteiger partial charge is 0.142 e. The quantitative estimate of drug-likeness (QED) is 0.650. The molecule has 0 aromatic heterocycles. The Labute approximate surface area is 131 Å². The van der Waals surface area contributed by atoms with Crippen molar-refractivity contribution in [1.29, 1.82) is 0 Å². The number of rotatable bonds is 4. The van der Waals surface area contributed by atoms with E-state index < -0.39 is 5.82 Å². The van der Waals surface area contributed by atoms with Crippen LogP contribution >= 0.6 is 27.5 Å². The molecule has 2 aromatic rings. The summed E-state index contributed by atoms with van der Waals surface area (Å²) in [5.74, 6) is 0.431. The molecule has 0 heterocycles. The number of alkyl halides is 1. The van der Waals surface area contributed by atoms with E-state index in [1.54, 1.807) is 12.1 Å². The average Bonchev–Trinajstić information content (AvgIpc) is 2.41. The van der Waals surface area contributed by atoms with E-state index >= 15 is 0 Å². The van der Waals surface area contributed by atoms with Gasteiger partial charge < -0.3 is 4.74 Å². The average molecular weight is 358 g/mol. The van der Waals surface area contributed by atoms with Gasteiger partial charge in [-0.05, 0) is 48.2 Å². The molecule has 0 saturated carbocycles. The van der Waals surface area contributed by atoms with Gasteiger partial charge in [0.2, 0.25) is 0 Å². The van der Waals surface area contributed by atoms with Crippen molar-refractivity contribution < 1.29 is 9.13 Å². The SMILES string of the molecule is Cc1cc(CBr)cc(C)c1OCc1ccc(Cl)c(F)c1. The highest BCUT2D eigenvalue weighted by molar-refractivity contribution is 9.08. The number of hydrogen-bond donors (Lipinski definition) is 0. The Morgan fingerprint density at radius 2 is 1.75 bits per heavy atom. The van der Waals surface area contributed by atoms with Crippen LogP contribution in [-0.4, -0.2) is 0 Å². The van der Waals surface area contributed by atoms with E-state index in [0.29, 0.717) is 6.61 Å². The molecule has 106 valence electrons. The van der Waals surface area contributed by atoms with Crippen LogP contribution in [0.15, 0.2) is 30.3 Å². The summed E-state index contributed by atoms with van der Waals surface area (Å²) in [6, 6.07) is 8.88. The van der Waals surface area contributed by atoms with Crippen molar-refractivity contribution in [2.75, 3.05) is 0 Å². The van der Waals surface area contributed by atoms with Crippen molar-refractivity contribution >= 4 is 27.5 Å². The molecule has 0 bridgehead atoms. The fraction of sp³-hybridized carbons (Fsp3) is 0.250. The Kier molecular flexibility index (Phi) is 5.06. The summed E-state index contributed by atoms with van der Waals surface area (Å²) in [7, 11) is 0. The summed E-state index contributed by atoms with van der Waals surface area (Å²) in [4.78, 5) is 0. The highest BCUT2D eigenvalue weighted by Crippen LogP contribution is 2.27. The third kappa shape index (κ3) is 3.53. The van der Waals surface area contributed by atoms with Gasteiger partial charge >= 0.3 is 0 Å². The Hall–Kier alpha value is -1.06. The van der Waals surface area contributed by atoms with Gasteiger partial charge in [0.25, 0.3) is 0 Å². The van der Waals surface area contributed by atoms with Crippen LogP contribution in [0.1, 0.15) is 22.3 Å². The fourth-order valence-electron chi connectivity index (χ4n) is 2.13. The molecule has 4 heteroatoms. The zero-order valence-corrected chi connectivity index (χ0v) is 13.7. The van der Waals surface area contributed by atoms with Gasteiger partial charge in [0.05, 0.1) is 5.02 Å². The van der Waals surface area contributed by atoms with Crippen molar-refractivity contribution in [3.8, 4) is 5.75 Å². The number of benzene rings is 2. The maximum Gasteiger partial charge on any atom is 0.142 e. The van der Waals surface area contributed by atoms with Crippen molar-refractivity contribution in [3.63, 3.8) is 0 Å². The molecule has 0 aliphatic carbocycles. The molecule has 2 aromatic carbocycles. The zero-order chi connectivity index (χ0) is 14.7. The number of hydrogen-bond acceptors (Lipinski definition) is 1. The fourth-order valence-corrected chi connectivity index (χ4v) is 2.57. The molecule has 0 aliphatic heterocycles. The standard InChI is InChI=1S/C16H15BrClFO/c1-10-5-13(8-17)6-11(2)16(10)20-9-12-3-4-14(18)15(19)7-12/h3-7H,8-9H2,1-2H3. The second-order valence-electron chi connectivity index (χ2n) is 4.73. The lowest BCUT2D eigenvalue weighted by Gasteiger charge is -2.14. The molecular weight excluding hydrogens is 343 g/mol. The molecule has 2 rings (SSSR count). The van der Waals surface area contributed by atoms with E-state index in [-0.39, 0.29) is 5.02 Å². The molecule has 0 spiro atoms. The predicted octanol–water partition coefficient (Wildman–Crippen LogP) is 5.57. The van der Waals surface area contributed by atoms with Crippen molar-refractivity contribution in [2.45, 2.75) is 25.8 Å². The van der Waals surface area contributed by atoms with Crippen LogP contribution < -0.4 is 4.74 Å². The van der Waals surface area contributed by atoms with E-state index in [2.05, 4.69) is 28.1 Å².